The van der Waals surface area contributed by atoms with Gasteiger partial charge >= 0.3 is 12.1 Å². The van der Waals surface area contributed by atoms with Gasteiger partial charge in [0, 0.05) is 18.7 Å². The van der Waals surface area contributed by atoms with Gasteiger partial charge in [-0.2, -0.15) is 13.2 Å². The van der Waals surface area contributed by atoms with E-state index < -0.39 is 23.8 Å². The van der Waals surface area contributed by atoms with E-state index in [1.54, 1.807) is 6.08 Å². The lowest BCUT2D eigenvalue weighted by atomic mass is 10.0. The molecule has 0 fully saturated rings. The monoisotopic (exact) mass is 407 g/mol. The van der Waals surface area contributed by atoms with Gasteiger partial charge in [-0.15, -0.1) is 0 Å². The minimum Gasteiger partial charge on any atom is -0.466 e. The largest absolute Gasteiger partial charge is 0.466 e. The van der Waals surface area contributed by atoms with Gasteiger partial charge in [0.15, 0.2) is 0 Å². The zero-order valence-electron chi connectivity index (χ0n) is 16.2. The van der Waals surface area contributed by atoms with Crippen LogP contribution in [0.2, 0.25) is 0 Å². The molecule has 29 heavy (non-hydrogen) atoms. The lowest BCUT2D eigenvalue weighted by Crippen LogP contribution is -2.32. The van der Waals surface area contributed by atoms with Crippen LogP contribution in [0, 0.1) is 0 Å². The predicted octanol–water partition coefficient (Wildman–Crippen LogP) is 4.15. The van der Waals surface area contributed by atoms with Gasteiger partial charge in [-0.1, -0.05) is 36.4 Å². The Morgan fingerprint density at radius 3 is 2.52 bits per heavy atom. The fourth-order valence-corrected chi connectivity index (χ4v) is 2.78. The van der Waals surface area contributed by atoms with Crippen molar-refractivity contribution in [2.24, 2.45) is 0 Å². The highest BCUT2D eigenvalue weighted by atomic mass is 19.4. The van der Waals surface area contributed by atoms with Crippen LogP contribution in [0.5, 0.6) is 0 Å². The second kappa shape index (κ2) is 10.2. The zero-order chi connectivity index (χ0) is 21.4. The summed E-state index contributed by atoms with van der Waals surface area (Å²) >= 11 is 0. The third-order valence-corrected chi connectivity index (χ3v) is 4.39. The van der Waals surface area contributed by atoms with Gasteiger partial charge in [0.1, 0.15) is 0 Å². The Bertz CT molecular complexity index is 832. The van der Waals surface area contributed by atoms with E-state index in [2.05, 4.69) is 10.1 Å². The van der Waals surface area contributed by atoms with Gasteiger partial charge in [-0.05, 0) is 48.2 Å². The van der Waals surface area contributed by atoms with Crippen molar-refractivity contribution in [3.8, 4) is 0 Å². The molecule has 0 saturated carbocycles. The van der Waals surface area contributed by atoms with Gasteiger partial charge in [0.25, 0.3) is 0 Å². The third-order valence-electron chi connectivity index (χ3n) is 4.39. The number of nitrogens with one attached hydrogen (secondary N) is 1. The van der Waals surface area contributed by atoms with Crippen molar-refractivity contribution >= 4 is 12.0 Å². The Balaban J connectivity index is 1.87. The van der Waals surface area contributed by atoms with E-state index in [0.29, 0.717) is 6.42 Å². The number of hydrogen-bond donors (Lipinski definition) is 2. The molecule has 0 aliphatic carbocycles. The van der Waals surface area contributed by atoms with E-state index >= 15 is 0 Å². The molecule has 2 aromatic carbocycles. The number of ether oxygens (including phenoxy) is 1. The lowest BCUT2D eigenvalue weighted by Gasteiger charge is -2.18. The van der Waals surface area contributed by atoms with Crippen molar-refractivity contribution < 1.29 is 27.8 Å². The van der Waals surface area contributed by atoms with E-state index in [0.717, 1.165) is 23.3 Å². The first-order chi connectivity index (χ1) is 13.7. The fraction of sp³-hybridized carbons (Fsp3) is 0.318. The van der Waals surface area contributed by atoms with Crippen LogP contribution in [0.1, 0.15) is 35.3 Å². The summed E-state index contributed by atoms with van der Waals surface area (Å²) in [5.41, 5.74) is 1.36. The normalized spacial score (nSPS) is 14.0. The smallest absolute Gasteiger partial charge is 0.416 e. The van der Waals surface area contributed by atoms with Crippen LogP contribution in [-0.4, -0.2) is 30.8 Å². The highest BCUT2D eigenvalue weighted by Gasteiger charge is 2.30. The zero-order valence-corrected chi connectivity index (χ0v) is 16.2. The summed E-state index contributed by atoms with van der Waals surface area (Å²) in [6, 6.07) is 12.3. The van der Waals surface area contributed by atoms with Crippen LogP contribution >= 0.6 is 0 Å². The second-order valence-electron chi connectivity index (χ2n) is 6.75. The molecule has 156 valence electrons. The van der Waals surface area contributed by atoms with Gasteiger partial charge in [0.2, 0.25) is 0 Å². The highest BCUT2D eigenvalue weighted by Crippen LogP contribution is 2.30. The molecule has 4 nitrogen and oxygen atoms in total. The van der Waals surface area contributed by atoms with Crippen molar-refractivity contribution in [2.75, 3.05) is 13.7 Å². The molecule has 2 aromatic rings. The minimum absolute atomic E-state index is 0.00640. The van der Waals surface area contributed by atoms with Gasteiger partial charge < -0.3 is 15.2 Å². The number of alkyl halides is 3. The average molecular weight is 407 g/mol. The van der Waals surface area contributed by atoms with Crippen LogP contribution in [0.25, 0.3) is 6.08 Å². The SMILES string of the molecule is COC(=O)/C=C/c1ccc(C[C@@H](C)NC[C@H](O)c2cccc(C(F)(F)F)c2)cc1. The molecule has 0 bridgehead atoms. The molecule has 7 heteroatoms. The predicted molar refractivity (Wildman–Crippen MR) is 105 cm³/mol. The summed E-state index contributed by atoms with van der Waals surface area (Å²) < 4.78 is 42.9. The van der Waals surface area contributed by atoms with Crippen LogP contribution in [0.3, 0.4) is 0 Å². The summed E-state index contributed by atoms with van der Waals surface area (Å²) in [6.45, 7) is 2.08. The average Bonchev–Trinajstić information content (AvgIpc) is 2.70. The number of aliphatic hydroxyl groups excluding tert-OH is 1. The molecule has 0 radical (unpaired) electrons. The lowest BCUT2D eigenvalue weighted by molar-refractivity contribution is -0.137. The Morgan fingerprint density at radius 1 is 1.21 bits per heavy atom. The Morgan fingerprint density at radius 2 is 1.90 bits per heavy atom. The maximum Gasteiger partial charge on any atom is 0.416 e. The molecule has 2 atom stereocenters. The van der Waals surface area contributed by atoms with Crippen molar-refractivity contribution in [1.29, 1.82) is 0 Å². The number of halogens is 3. The fourth-order valence-electron chi connectivity index (χ4n) is 2.78. The number of carbonyl (C=O) groups is 1. The quantitative estimate of drug-likeness (QED) is 0.510. The molecule has 2 rings (SSSR count). The Hall–Kier alpha value is -2.64. The topological polar surface area (TPSA) is 58.6 Å². The molecule has 0 unspecified atom stereocenters. The number of esters is 1. The summed E-state index contributed by atoms with van der Waals surface area (Å²) in [7, 11) is 1.31. The molecule has 0 amide bonds. The number of benzene rings is 2. The number of rotatable bonds is 8. The van der Waals surface area contributed by atoms with Crippen molar-refractivity contribution in [3.63, 3.8) is 0 Å². The Labute approximate surface area is 168 Å². The van der Waals surface area contributed by atoms with E-state index in [-0.39, 0.29) is 18.2 Å². The second-order valence-corrected chi connectivity index (χ2v) is 6.75. The molecule has 0 aliphatic rings. The Kier molecular flexibility index (Phi) is 7.99. The third kappa shape index (κ3) is 7.36. The maximum absolute atomic E-state index is 12.8. The molecule has 0 heterocycles. The maximum atomic E-state index is 12.8. The first kappa shape index (κ1) is 22.6. The highest BCUT2D eigenvalue weighted by molar-refractivity contribution is 5.86. The van der Waals surface area contributed by atoms with Crippen molar-refractivity contribution in [3.05, 3.63) is 76.9 Å². The van der Waals surface area contributed by atoms with E-state index in [4.69, 9.17) is 0 Å². The molecular formula is C22H24F3NO3. The summed E-state index contributed by atoms with van der Waals surface area (Å²) in [5.74, 6) is -0.425. The molecule has 2 N–H and O–H groups in total. The van der Waals surface area contributed by atoms with Crippen LogP contribution in [-0.2, 0) is 22.1 Å². The molecule has 0 aromatic heterocycles. The number of aliphatic hydroxyl groups is 1. The number of carbonyl (C=O) groups excluding carboxylic acids is 1. The summed E-state index contributed by atoms with van der Waals surface area (Å²) in [4.78, 5) is 11.1. The van der Waals surface area contributed by atoms with Crippen molar-refractivity contribution in [1.82, 2.24) is 5.32 Å². The van der Waals surface area contributed by atoms with Gasteiger partial charge in [0.05, 0.1) is 18.8 Å². The molecular weight excluding hydrogens is 383 g/mol. The molecule has 0 saturated heterocycles. The van der Waals surface area contributed by atoms with E-state index in [9.17, 15) is 23.1 Å². The van der Waals surface area contributed by atoms with E-state index in [1.165, 1.54) is 25.3 Å². The van der Waals surface area contributed by atoms with E-state index in [1.807, 2.05) is 31.2 Å². The van der Waals surface area contributed by atoms with Gasteiger partial charge in [-0.25, -0.2) is 4.79 Å². The number of hydrogen-bond acceptors (Lipinski definition) is 4. The molecule has 0 spiro atoms. The summed E-state index contributed by atoms with van der Waals surface area (Å²) in [6.07, 6.45) is -1.80. The first-order valence-corrected chi connectivity index (χ1v) is 9.12. The first-order valence-electron chi connectivity index (χ1n) is 9.12. The van der Waals surface area contributed by atoms with Crippen molar-refractivity contribution in [2.45, 2.75) is 31.7 Å². The number of methoxy groups -OCH3 is 1. The standard InChI is InChI=1S/C22H24F3NO3/c1-15(12-17-8-6-16(7-9-17)10-11-21(28)29-2)26-14-20(27)18-4-3-5-19(13-18)22(23,24)25/h3-11,13,15,20,26-27H,12,14H2,1-2H3/b11-10+/t15-,20+/m1/s1. The van der Waals surface area contributed by atoms with Crippen LogP contribution in [0.4, 0.5) is 13.2 Å². The van der Waals surface area contributed by atoms with Crippen LogP contribution in [0.15, 0.2) is 54.6 Å². The molecule has 0 aliphatic heterocycles. The van der Waals surface area contributed by atoms with Gasteiger partial charge in [-0.3, -0.25) is 0 Å². The summed E-state index contributed by atoms with van der Waals surface area (Å²) in [5, 5.41) is 13.4. The minimum atomic E-state index is -4.44. The van der Waals surface area contributed by atoms with Crippen LogP contribution < -0.4 is 5.32 Å².